The molecule has 0 saturated carbocycles. The number of hydrogen-bond donors (Lipinski definition) is 1. The fraction of sp³-hybridized carbons (Fsp3) is 0.263. The monoisotopic (exact) mass is 482 g/mol. The van der Waals surface area contributed by atoms with Crippen molar-refractivity contribution in [3.8, 4) is 5.75 Å². The fourth-order valence-electron chi connectivity index (χ4n) is 2.33. The topological polar surface area (TPSA) is 58.6 Å². The normalized spacial score (nSPS) is 11.6. The summed E-state index contributed by atoms with van der Waals surface area (Å²) < 4.78 is 7.51. The van der Waals surface area contributed by atoms with E-state index >= 15 is 0 Å². The summed E-state index contributed by atoms with van der Waals surface area (Å²) in [6.45, 7) is 3.52. The van der Waals surface area contributed by atoms with E-state index in [1.807, 2.05) is 37.3 Å². The van der Waals surface area contributed by atoms with E-state index in [0.29, 0.717) is 5.75 Å². The standard InChI is InChI=1S/C19H20Br2N2O3/c1-12-10-15(21)6-9-17(12)22-18(24)11-23(3)19(25)13(2)26-16-7-4-14(20)5-8-16/h4-10,13H,11H2,1-3H3,(H,22,24). The molecular weight excluding hydrogens is 464 g/mol. The van der Waals surface area contributed by atoms with Gasteiger partial charge in [0.05, 0.1) is 6.54 Å². The number of aryl methyl sites for hydroxylation is 1. The van der Waals surface area contributed by atoms with Gasteiger partial charge in [-0.3, -0.25) is 9.59 Å². The zero-order chi connectivity index (χ0) is 19.3. The molecular formula is C19H20Br2N2O3. The van der Waals surface area contributed by atoms with Crippen LogP contribution in [0.15, 0.2) is 51.4 Å². The summed E-state index contributed by atoms with van der Waals surface area (Å²) in [5, 5.41) is 2.82. The molecule has 2 aromatic rings. The number of hydrogen-bond acceptors (Lipinski definition) is 3. The molecule has 0 radical (unpaired) electrons. The molecule has 0 heterocycles. The number of nitrogens with one attached hydrogen (secondary N) is 1. The van der Waals surface area contributed by atoms with Crippen molar-refractivity contribution in [1.29, 1.82) is 0 Å². The smallest absolute Gasteiger partial charge is 0.263 e. The third kappa shape index (κ3) is 5.85. The molecule has 138 valence electrons. The Hall–Kier alpha value is -1.86. The van der Waals surface area contributed by atoms with Crippen LogP contribution < -0.4 is 10.1 Å². The second-order valence-corrected chi connectivity index (χ2v) is 7.75. The Kier molecular flexibility index (Phi) is 7.23. The van der Waals surface area contributed by atoms with E-state index in [4.69, 9.17) is 4.74 Å². The van der Waals surface area contributed by atoms with Gasteiger partial charge < -0.3 is 15.0 Å². The summed E-state index contributed by atoms with van der Waals surface area (Å²) in [5.74, 6) is 0.0649. The Balaban J connectivity index is 1.90. The lowest BCUT2D eigenvalue weighted by Gasteiger charge is -2.22. The molecule has 2 rings (SSSR count). The molecule has 1 atom stereocenters. The van der Waals surface area contributed by atoms with E-state index in [1.165, 1.54) is 4.90 Å². The maximum atomic E-state index is 12.4. The van der Waals surface area contributed by atoms with E-state index in [-0.39, 0.29) is 18.4 Å². The van der Waals surface area contributed by atoms with Crippen LogP contribution >= 0.6 is 31.9 Å². The number of rotatable bonds is 6. The second-order valence-electron chi connectivity index (χ2n) is 5.92. The highest BCUT2D eigenvalue weighted by atomic mass is 79.9. The summed E-state index contributed by atoms with van der Waals surface area (Å²) in [6.07, 6.45) is -0.691. The van der Waals surface area contributed by atoms with Crippen LogP contribution in [0.2, 0.25) is 0 Å². The Morgan fingerprint density at radius 1 is 1.12 bits per heavy atom. The number of benzene rings is 2. The van der Waals surface area contributed by atoms with Gasteiger partial charge in [-0.05, 0) is 61.9 Å². The molecule has 0 aliphatic carbocycles. The minimum absolute atomic E-state index is 0.0532. The molecule has 0 aliphatic heterocycles. The van der Waals surface area contributed by atoms with Crippen LogP contribution in [0, 0.1) is 6.92 Å². The molecule has 2 aromatic carbocycles. The van der Waals surface area contributed by atoms with E-state index < -0.39 is 6.10 Å². The van der Waals surface area contributed by atoms with Crippen molar-refractivity contribution in [3.63, 3.8) is 0 Å². The number of carbonyl (C=O) groups is 2. The van der Waals surface area contributed by atoms with Gasteiger partial charge in [0.2, 0.25) is 5.91 Å². The molecule has 0 bridgehead atoms. The molecule has 1 N–H and O–H groups in total. The Morgan fingerprint density at radius 3 is 2.35 bits per heavy atom. The van der Waals surface area contributed by atoms with Gasteiger partial charge in [0.25, 0.3) is 5.91 Å². The average molecular weight is 484 g/mol. The predicted octanol–water partition coefficient (Wildman–Crippen LogP) is 4.38. The Labute approximate surface area is 170 Å². The van der Waals surface area contributed by atoms with Crippen molar-refractivity contribution in [1.82, 2.24) is 4.90 Å². The molecule has 7 heteroatoms. The predicted molar refractivity (Wildman–Crippen MR) is 109 cm³/mol. The highest BCUT2D eigenvalue weighted by Crippen LogP contribution is 2.20. The van der Waals surface area contributed by atoms with E-state index in [2.05, 4.69) is 37.2 Å². The zero-order valence-electron chi connectivity index (χ0n) is 14.8. The fourth-order valence-corrected chi connectivity index (χ4v) is 3.07. The van der Waals surface area contributed by atoms with Gasteiger partial charge in [0.15, 0.2) is 6.10 Å². The van der Waals surface area contributed by atoms with Crippen molar-refractivity contribution < 1.29 is 14.3 Å². The van der Waals surface area contributed by atoms with Gasteiger partial charge >= 0.3 is 0 Å². The number of anilines is 1. The quantitative estimate of drug-likeness (QED) is 0.663. The number of halogens is 2. The van der Waals surface area contributed by atoms with Crippen LogP contribution in [0.4, 0.5) is 5.69 Å². The van der Waals surface area contributed by atoms with E-state index in [1.54, 1.807) is 26.1 Å². The average Bonchev–Trinajstić information content (AvgIpc) is 2.58. The molecule has 0 aromatic heterocycles. The molecule has 0 aliphatic rings. The van der Waals surface area contributed by atoms with Gasteiger partial charge in [0.1, 0.15) is 5.75 Å². The molecule has 0 fully saturated rings. The lowest BCUT2D eigenvalue weighted by Crippen LogP contribution is -2.42. The van der Waals surface area contributed by atoms with Gasteiger partial charge in [-0.25, -0.2) is 0 Å². The third-order valence-electron chi connectivity index (χ3n) is 3.69. The molecule has 26 heavy (non-hydrogen) atoms. The van der Waals surface area contributed by atoms with Crippen LogP contribution in [0.3, 0.4) is 0 Å². The maximum Gasteiger partial charge on any atom is 0.263 e. The summed E-state index contributed by atoms with van der Waals surface area (Å²) in [6, 6.07) is 12.8. The number of ether oxygens (including phenoxy) is 1. The van der Waals surface area contributed by atoms with Crippen LogP contribution in [-0.4, -0.2) is 36.4 Å². The van der Waals surface area contributed by atoms with Gasteiger partial charge in [0, 0.05) is 21.7 Å². The molecule has 0 saturated heterocycles. The Bertz CT molecular complexity index is 794. The number of likely N-dealkylation sites (N-methyl/N-ethyl adjacent to an activating group) is 1. The largest absolute Gasteiger partial charge is 0.481 e. The third-order valence-corrected chi connectivity index (χ3v) is 4.72. The maximum absolute atomic E-state index is 12.4. The molecule has 2 amide bonds. The first-order valence-electron chi connectivity index (χ1n) is 7.99. The highest BCUT2D eigenvalue weighted by molar-refractivity contribution is 9.10. The molecule has 5 nitrogen and oxygen atoms in total. The number of carbonyl (C=O) groups excluding carboxylic acids is 2. The van der Waals surface area contributed by atoms with Crippen molar-refractivity contribution >= 4 is 49.4 Å². The van der Waals surface area contributed by atoms with Crippen LogP contribution in [0.1, 0.15) is 12.5 Å². The highest BCUT2D eigenvalue weighted by Gasteiger charge is 2.21. The summed E-state index contributed by atoms with van der Waals surface area (Å²) in [7, 11) is 1.58. The number of amides is 2. The van der Waals surface area contributed by atoms with E-state index in [9.17, 15) is 9.59 Å². The van der Waals surface area contributed by atoms with Gasteiger partial charge in [-0.2, -0.15) is 0 Å². The summed E-state index contributed by atoms with van der Waals surface area (Å²) in [5.41, 5.74) is 1.66. The van der Waals surface area contributed by atoms with Crippen LogP contribution in [0.25, 0.3) is 0 Å². The van der Waals surface area contributed by atoms with Crippen LogP contribution in [-0.2, 0) is 9.59 Å². The zero-order valence-corrected chi connectivity index (χ0v) is 17.9. The van der Waals surface area contributed by atoms with Crippen molar-refractivity contribution in [3.05, 3.63) is 57.0 Å². The first-order chi connectivity index (χ1) is 12.3. The SMILES string of the molecule is Cc1cc(Br)ccc1NC(=O)CN(C)C(=O)C(C)Oc1ccc(Br)cc1. The van der Waals surface area contributed by atoms with Crippen molar-refractivity contribution in [2.45, 2.75) is 20.0 Å². The minimum Gasteiger partial charge on any atom is -0.481 e. The Morgan fingerprint density at radius 2 is 1.73 bits per heavy atom. The lowest BCUT2D eigenvalue weighted by molar-refractivity contribution is -0.139. The summed E-state index contributed by atoms with van der Waals surface area (Å²) >= 11 is 6.74. The van der Waals surface area contributed by atoms with Crippen molar-refractivity contribution in [2.24, 2.45) is 0 Å². The first kappa shape index (κ1) is 20.5. The van der Waals surface area contributed by atoms with Gasteiger partial charge in [-0.15, -0.1) is 0 Å². The van der Waals surface area contributed by atoms with Crippen molar-refractivity contribution in [2.75, 3.05) is 18.9 Å². The summed E-state index contributed by atoms with van der Waals surface area (Å²) in [4.78, 5) is 26.0. The minimum atomic E-state index is -0.691. The molecule has 0 spiro atoms. The first-order valence-corrected chi connectivity index (χ1v) is 9.58. The number of nitrogens with zero attached hydrogens (tertiary/aromatic N) is 1. The van der Waals surface area contributed by atoms with E-state index in [0.717, 1.165) is 20.2 Å². The lowest BCUT2D eigenvalue weighted by atomic mass is 10.2. The van der Waals surface area contributed by atoms with Crippen LogP contribution in [0.5, 0.6) is 5.75 Å². The molecule has 1 unspecified atom stereocenters. The van der Waals surface area contributed by atoms with Gasteiger partial charge in [-0.1, -0.05) is 31.9 Å². The second kappa shape index (κ2) is 9.19.